The van der Waals surface area contributed by atoms with Crippen LogP contribution in [0.5, 0.6) is 0 Å². The zero-order valence-electron chi connectivity index (χ0n) is 25.3. The second-order valence-electron chi connectivity index (χ2n) is 12.9. The molecule has 0 aromatic rings. The molecule has 0 amide bonds. The smallest absolute Gasteiger partial charge is 0.0719 e. The first-order valence-electron chi connectivity index (χ1n) is 17.1. The molecule has 2 fully saturated rings. The number of unbranched alkanes of at least 4 members (excludes halogenated alkanes) is 10. The first-order valence-corrected chi connectivity index (χ1v) is 17.1. The topological polar surface area (TPSA) is 49.7 Å². The molecule has 0 aromatic carbocycles. The Morgan fingerprint density at radius 3 is 1.19 bits per heavy atom. The molecule has 0 saturated heterocycles. The van der Waals surface area contributed by atoms with E-state index in [-0.39, 0.29) is 24.4 Å². The van der Waals surface area contributed by atoms with Crippen LogP contribution in [0.4, 0.5) is 0 Å². The van der Waals surface area contributed by atoms with Crippen LogP contribution < -0.4 is 0 Å². The van der Waals surface area contributed by atoms with Gasteiger partial charge in [-0.1, -0.05) is 129 Å². The molecule has 220 valence electrons. The number of aliphatic hydroxyl groups is 2. The highest BCUT2D eigenvalue weighted by Gasteiger charge is 2.49. The van der Waals surface area contributed by atoms with E-state index in [9.17, 15) is 10.2 Å². The first-order chi connectivity index (χ1) is 18.2. The van der Waals surface area contributed by atoms with Crippen LogP contribution in [0.25, 0.3) is 0 Å². The highest BCUT2D eigenvalue weighted by molar-refractivity contribution is 4.99. The third-order valence-electron chi connectivity index (χ3n) is 10.1. The van der Waals surface area contributed by atoms with E-state index in [0.29, 0.717) is 11.8 Å². The molecule has 2 saturated carbocycles. The predicted molar refractivity (Wildman–Crippen MR) is 159 cm³/mol. The maximum absolute atomic E-state index is 10.1. The van der Waals surface area contributed by atoms with Crippen LogP contribution in [0.2, 0.25) is 0 Å². The SMILES string of the molecule is CCCCCCCCC(CCO)C1(OC2(C(CCO)CCCCCCCC)CCCCC2)CCCCC1. The minimum atomic E-state index is -0.0590. The van der Waals surface area contributed by atoms with Crippen LogP contribution in [0.1, 0.15) is 181 Å². The van der Waals surface area contributed by atoms with Gasteiger partial charge in [-0.2, -0.15) is 0 Å². The number of aliphatic hydroxyl groups excluding tert-OH is 2. The Morgan fingerprint density at radius 1 is 0.486 bits per heavy atom. The Hall–Kier alpha value is -0.120. The van der Waals surface area contributed by atoms with E-state index in [1.807, 2.05) is 0 Å². The van der Waals surface area contributed by atoms with E-state index in [1.54, 1.807) is 0 Å². The fourth-order valence-corrected chi connectivity index (χ4v) is 7.89. The average Bonchev–Trinajstić information content (AvgIpc) is 2.92. The van der Waals surface area contributed by atoms with Crippen molar-refractivity contribution in [1.29, 1.82) is 0 Å². The fraction of sp³-hybridized carbons (Fsp3) is 1.00. The zero-order valence-corrected chi connectivity index (χ0v) is 25.3. The number of hydrogen-bond acceptors (Lipinski definition) is 3. The van der Waals surface area contributed by atoms with Crippen LogP contribution in [0.3, 0.4) is 0 Å². The molecule has 0 aliphatic heterocycles. The van der Waals surface area contributed by atoms with E-state index >= 15 is 0 Å². The first kappa shape index (κ1) is 33.1. The van der Waals surface area contributed by atoms with Gasteiger partial charge in [0.15, 0.2) is 0 Å². The maximum atomic E-state index is 10.1. The molecule has 2 rings (SSSR count). The third kappa shape index (κ3) is 11.5. The largest absolute Gasteiger partial charge is 0.396 e. The van der Waals surface area contributed by atoms with Crippen LogP contribution in [0, 0.1) is 11.8 Å². The standard InChI is InChI=1S/C34H66O3/c1-3-5-7-9-11-15-21-31(23-29-35)33(25-17-13-18-26-33)37-34(27-19-14-20-28-34)32(24-30-36)22-16-12-10-8-6-4-2/h31-32,35-36H,3-30H2,1-2H3. The van der Waals surface area contributed by atoms with Crippen molar-refractivity contribution in [3.8, 4) is 0 Å². The highest BCUT2D eigenvalue weighted by atomic mass is 16.5. The van der Waals surface area contributed by atoms with Crippen LogP contribution in [-0.2, 0) is 4.74 Å². The van der Waals surface area contributed by atoms with Gasteiger partial charge in [-0.05, 0) is 63.2 Å². The quantitative estimate of drug-likeness (QED) is 0.139. The lowest BCUT2D eigenvalue weighted by Gasteiger charge is -2.54. The highest BCUT2D eigenvalue weighted by Crippen LogP contribution is 2.50. The summed E-state index contributed by atoms with van der Waals surface area (Å²) in [5, 5.41) is 20.3. The summed E-state index contributed by atoms with van der Waals surface area (Å²) in [4.78, 5) is 0. The lowest BCUT2D eigenvalue weighted by Crippen LogP contribution is -2.54. The zero-order chi connectivity index (χ0) is 26.7. The van der Waals surface area contributed by atoms with Crippen molar-refractivity contribution in [2.24, 2.45) is 11.8 Å². The molecule has 2 aliphatic carbocycles. The van der Waals surface area contributed by atoms with E-state index in [2.05, 4.69) is 13.8 Å². The van der Waals surface area contributed by atoms with Crippen molar-refractivity contribution < 1.29 is 14.9 Å². The molecular formula is C34H66O3. The van der Waals surface area contributed by atoms with E-state index in [1.165, 1.54) is 154 Å². The maximum Gasteiger partial charge on any atom is 0.0719 e. The van der Waals surface area contributed by atoms with E-state index in [0.717, 1.165) is 12.8 Å². The van der Waals surface area contributed by atoms with Gasteiger partial charge in [0, 0.05) is 13.2 Å². The van der Waals surface area contributed by atoms with Crippen molar-refractivity contribution in [3.63, 3.8) is 0 Å². The molecule has 37 heavy (non-hydrogen) atoms. The minimum Gasteiger partial charge on any atom is -0.396 e. The third-order valence-corrected chi connectivity index (χ3v) is 10.1. The van der Waals surface area contributed by atoms with Crippen molar-refractivity contribution in [3.05, 3.63) is 0 Å². The number of rotatable bonds is 22. The predicted octanol–water partition coefficient (Wildman–Crippen LogP) is 9.91. The molecule has 3 nitrogen and oxygen atoms in total. The van der Waals surface area contributed by atoms with Gasteiger partial charge in [0.05, 0.1) is 11.2 Å². The van der Waals surface area contributed by atoms with Crippen molar-refractivity contribution in [2.45, 2.75) is 192 Å². The Labute approximate surface area is 231 Å². The normalized spacial score (nSPS) is 21.1. The Kier molecular flexibility index (Phi) is 17.8. The van der Waals surface area contributed by atoms with Gasteiger partial charge in [0.25, 0.3) is 0 Å². The Balaban J connectivity index is 2.16. The van der Waals surface area contributed by atoms with Gasteiger partial charge in [0.1, 0.15) is 0 Å². The lowest BCUT2D eigenvalue weighted by molar-refractivity contribution is -0.234. The number of ether oxygens (including phenoxy) is 1. The van der Waals surface area contributed by atoms with Gasteiger partial charge >= 0.3 is 0 Å². The molecule has 2 unspecified atom stereocenters. The Bertz CT molecular complexity index is 475. The fourth-order valence-electron chi connectivity index (χ4n) is 7.89. The van der Waals surface area contributed by atoms with Gasteiger partial charge in [-0.3, -0.25) is 0 Å². The van der Waals surface area contributed by atoms with Gasteiger partial charge in [-0.25, -0.2) is 0 Å². The van der Waals surface area contributed by atoms with E-state index in [4.69, 9.17) is 4.74 Å². The lowest BCUT2D eigenvalue weighted by atomic mass is 9.68. The van der Waals surface area contributed by atoms with Crippen LogP contribution in [0.15, 0.2) is 0 Å². The summed E-state index contributed by atoms with van der Waals surface area (Å²) >= 11 is 0. The molecule has 0 heterocycles. The summed E-state index contributed by atoms with van der Waals surface area (Å²) in [5.41, 5.74) is -0.118. The van der Waals surface area contributed by atoms with E-state index < -0.39 is 0 Å². The molecule has 0 radical (unpaired) electrons. The van der Waals surface area contributed by atoms with Gasteiger partial charge < -0.3 is 14.9 Å². The summed E-state index contributed by atoms with van der Waals surface area (Å²) < 4.78 is 7.71. The summed E-state index contributed by atoms with van der Waals surface area (Å²) in [7, 11) is 0. The average molecular weight is 523 g/mol. The summed E-state index contributed by atoms with van der Waals surface area (Å²) in [5.74, 6) is 0.957. The van der Waals surface area contributed by atoms with Crippen LogP contribution >= 0.6 is 0 Å². The Morgan fingerprint density at radius 2 is 0.838 bits per heavy atom. The molecule has 0 spiro atoms. The monoisotopic (exact) mass is 523 g/mol. The second kappa shape index (κ2) is 19.9. The molecule has 2 aliphatic rings. The second-order valence-corrected chi connectivity index (χ2v) is 12.9. The van der Waals surface area contributed by atoms with Crippen molar-refractivity contribution >= 4 is 0 Å². The van der Waals surface area contributed by atoms with Crippen molar-refractivity contribution in [1.82, 2.24) is 0 Å². The van der Waals surface area contributed by atoms with Gasteiger partial charge in [0.2, 0.25) is 0 Å². The number of hydrogen-bond donors (Lipinski definition) is 2. The van der Waals surface area contributed by atoms with Crippen LogP contribution in [-0.4, -0.2) is 34.6 Å². The summed E-state index contributed by atoms with van der Waals surface area (Å²) in [6.45, 7) is 5.16. The summed E-state index contributed by atoms with van der Waals surface area (Å²) in [6, 6.07) is 0. The summed E-state index contributed by atoms with van der Waals surface area (Å²) in [6.07, 6.45) is 32.7. The molecule has 3 heteroatoms. The molecule has 2 N–H and O–H groups in total. The van der Waals surface area contributed by atoms with Crippen molar-refractivity contribution in [2.75, 3.05) is 13.2 Å². The minimum absolute atomic E-state index is 0.0590. The molecular weight excluding hydrogens is 456 g/mol. The van der Waals surface area contributed by atoms with Gasteiger partial charge in [-0.15, -0.1) is 0 Å². The molecule has 0 bridgehead atoms. The molecule has 0 aromatic heterocycles. The molecule has 2 atom stereocenters.